The van der Waals surface area contributed by atoms with E-state index >= 15 is 0 Å². The molecule has 1 aliphatic heterocycles. The molecule has 5 fully saturated rings. The topological polar surface area (TPSA) is 35.9 Å². The van der Waals surface area contributed by atoms with Gasteiger partial charge in [0.25, 0.3) is 0 Å². The maximum Gasteiger partial charge on any atom is 0.0900 e. The van der Waals surface area contributed by atoms with Gasteiger partial charge in [0.05, 0.1) is 18.3 Å². The van der Waals surface area contributed by atoms with E-state index in [1.807, 2.05) is 0 Å². The lowest BCUT2D eigenvalue weighted by Gasteiger charge is -2.56. The molecule has 4 heteroatoms. The van der Waals surface area contributed by atoms with E-state index in [4.69, 9.17) is 4.74 Å². The fourth-order valence-electron chi connectivity index (χ4n) is 5.86. The first-order chi connectivity index (χ1) is 10.6. The van der Waals surface area contributed by atoms with Crippen LogP contribution >= 0.6 is 0 Å². The standard InChI is InChI=1S/C18H32N2O2/c1-19-2-4-20(5-3-19)12-17(21)13-22-18-9-14-6-15(10-18)8-16(7-14)11-18/h14-17,21H,2-13H2,1H3/t14?,15?,16?,17-,18?/m0/s1. The molecular weight excluding hydrogens is 276 g/mol. The van der Waals surface area contributed by atoms with Crippen LogP contribution in [0.3, 0.4) is 0 Å². The van der Waals surface area contributed by atoms with Crippen LogP contribution in [0.15, 0.2) is 0 Å². The maximum atomic E-state index is 10.4. The molecule has 4 saturated carbocycles. The second-order valence-electron chi connectivity index (χ2n) is 8.67. The van der Waals surface area contributed by atoms with Crippen LogP contribution in [0, 0.1) is 17.8 Å². The Labute approximate surface area is 134 Å². The third-order valence-corrected chi connectivity index (χ3v) is 6.63. The largest absolute Gasteiger partial charge is 0.389 e. The Kier molecular flexibility index (Phi) is 4.22. The van der Waals surface area contributed by atoms with E-state index in [0.29, 0.717) is 6.61 Å². The van der Waals surface area contributed by atoms with Gasteiger partial charge in [-0.2, -0.15) is 0 Å². The van der Waals surface area contributed by atoms with Crippen LogP contribution in [-0.2, 0) is 4.74 Å². The van der Waals surface area contributed by atoms with Crippen molar-refractivity contribution in [3.05, 3.63) is 0 Å². The first kappa shape index (κ1) is 15.4. The molecule has 0 unspecified atom stereocenters. The van der Waals surface area contributed by atoms with Gasteiger partial charge in [0.1, 0.15) is 0 Å². The Bertz CT molecular complexity index is 357. The van der Waals surface area contributed by atoms with Crippen LogP contribution in [-0.4, -0.2) is 73.0 Å². The quantitative estimate of drug-likeness (QED) is 0.836. The van der Waals surface area contributed by atoms with Crippen molar-refractivity contribution >= 4 is 0 Å². The van der Waals surface area contributed by atoms with Gasteiger partial charge in [0.2, 0.25) is 0 Å². The highest BCUT2D eigenvalue weighted by Gasteiger charge is 2.51. The molecule has 22 heavy (non-hydrogen) atoms. The van der Waals surface area contributed by atoms with E-state index < -0.39 is 0 Å². The number of β-amino-alcohol motifs (C(OH)–C–C–N with tert-alkyl or cyclic N) is 1. The molecule has 0 radical (unpaired) electrons. The number of likely N-dealkylation sites (N-methyl/N-ethyl adjacent to an activating group) is 1. The molecule has 4 bridgehead atoms. The van der Waals surface area contributed by atoms with Crippen LogP contribution in [0.4, 0.5) is 0 Å². The molecule has 5 rings (SSSR count). The van der Waals surface area contributed by atoms with Gasteiger partial charge < -0.3 is 14.7 Å². The van der Waals surface area contributed by atoms with E-state index in [-0.39, 0.29) is 11.7 Å². The summed E-state index contributed by atoms with van der Waals surface area (Å²) >= 11 is 0. The second-order valence-corrected chi connectivity index (χ2v) is 8.67. The molecule has 0 aromatic carbocycles. The number of piperazine rings is 1. The molecule has 5 aliphatic rings. The number of aliphatic hydroxyl groups excluding tert-OH is 1. The van der Waals surface area contributed by atoms with Crippen molar-refractivity contribution in [1.82, 2.24) is 9.80 Å². The molecule has 4 aliphatic carbocycles. The van der Waals surface area contributed by atoms with Crippen molar-refractivity contribution in [3.63, 3.8) is 0 Å². The Hall–Kier alpha value is -0.160. The van der Waals surface area contributed by atoms with Crippen molar-refractivity contribution < 1.29 is 9.84 Å². The third-order valence-electron chi connectivity index (χ3n) is 6.63. The van der Waals surface area contributed by atoms with E-state index in [0.717, 1.165) is 50.5 Å². The fourth-order valence-corrected chi connectivity index (χ4v) is 5.86. The van der Waals surface area contributed by atoms with Crippen molar-refractivity contribution in [2.24, 2.45) is 17.8 Å². The first-order valence-corrected chi connectivity index (χ1v) is 9.33. The minimum absolute atomic E-state index is 0.137. The number of ether oxygens (including phenoxy) is 1. The monoisotopic (exact) mass is 308 g/mol. The second kappa shape index (κ2) is 6.04. The van der Waals surface area contributed by atoms with Gasteiger partial charge in [0.15, 0.2) is 0 Å². The van der Waals surface area contributed by atoms with Gasteiger partial charge in [-0.1, -0.05) is 0 Å². The van der Waals surface area contributed by atoms with Gasteiger partial charge in [0, 0.05) is 32.7 Å². The summed E-state index contributed by atoms with van der Waals surface area (Å²) in [6.45, 7) is 5.69. The minimum Gasteiger partial charge on any atom is -0.389 e. The maximum absolute atomic E-state index is 10.4. The lowest BCUT2D eigenvalue weighted by atomic mass is 9.54. The lowest BCUT2D eigenvalue weighted by Crippen LogP contribution is -2.53. The molecular formula is C18H32N2O2. The summed E-state index contributed by atoms with van der Waals surface area (Å²) in [4.78, 5) is 4.74. The zero-order chi connectivity index (χ0) is 15.2. The first-order valence-electron chi connectivity index (χ1n) is 9.33. The fraction of sp³-hybridized carbons (Fsp3) is 1.00. The third kappa shape index (κ3) is 3.21. The Morgan fingerprint density at radius 3 is 2.09 bits per heavy atom. The zero-order valence-electron chi connectivity index (χ0n) is 14.0. The zero-order valence-corrected chi connectivity index (χ0v) is 14.0. The molecule has 0 aromatic heterocycles. The summed E-state index contributed by atoms with van der Waals surface area (Å²) in [6, 6.07) is 0. The number of hydrogen-bond acceptors (Lipinski definition) is 4. The summed E-state index contributed by atoms with van der Waals surface area (Å²) in [5, 5.41) is 10.4. The smallest absolute Gasteiger partial charge is 0.0900 e. The minimum atomic E-state index is -0.323. The molecule has 1 saturated heterocycles. The van der Waals surface area contributed by atoms with Gasteiger partial charge in [-0.25, -0.2) is 0 Å². The van der Waals surface area contributed by atoms with E-state index in [2.05, 4.69) is 16.8 Å². The SMILES string of the molecule is CN1CCN(C[C@H](O)COC23CC4CC(CC(C4)C2)C3)CC1. The molecule has 4 nitrogen and oxygen atoms in total. The molecule has 0 spiro atoms. The van der Waals surface area contributed by atoms with Crippen molar-refractivity contribution in [2.75, 3.05) is 46.4 Å². The Morgan fingerprint density at radius 1 is 1.00 bits per heavy atom. The highest BCUT2D eigenvalue weighted by atomic mass is 16.5. The summed E-state index contributed by atoms with van der Waals surface area (Å²) in [5.74, 6) is 2.75. The van der Waals surface area contributed by atoms with E-state index in [1.165, 1.54) is 38.5 Å². The highest BCUT2D eigenvalue weighted by molar-refractivity contribution is 5.03. The van der Waals surface area contributed by atoms with Crippen LogP contribution < -0.4 is 0 Å². The normalized spacial score (nSPS) is 43.6. The van der Waals surface area contributed by atoms with Gasteiger partial charge in [-0.3, -0.25) is 4.90 Å². The van der Waals surface area contributed by atoms with Gasteiger partial charge in [-0.15, -0.1) is 0 Å². The molecule has 0 amide bonds. The van der Waals surface area contributed by atoms with Crippen molar-refractivity contribution in [1.29, 1.82) is 0 Å². The van der Waals surface area contributed by atoms with Gasteiger partial charge >= 0.3 is 0 Å². The average Bonchev–Trinajstić information content (AvgIpc) is 2.46. The highest BCUT2D eigenvalue weighted by Crippen LogP contribution is 2.57. The average molecular weight is 308 g/mol. The molecule has 126 valence electrons. The van der Waals surface area contributed by atoms with E-state index in [9.17, 15) is 5.11 Å². The Balaban J connectivity index is 1.26. The molecule has 1 atom stereocenters. The van der Waals surface area contributed by atoms with Crippen LogP contribution in [0.5, 0.6) is 0 Å². The molecule has 1 N–H and O–H groups in total. The van der Waals surface area contributed by atoms with Crippen LogP contribution in [0.2, 0.25) is 0 Å². The number of hydrogen-bond donors (Lipinski definition) is 1. The lowest BCUT2D eigenvalue weighted by molar-refractivity contribution is -0.176. The van der Waals surface area contributed by atoms with Crippen molar-refractivity contribution in [3.8, 4) is 0 Å². The summed E-state index contributed by atoms with van der Waals surface area (Å²) in [7, 11) is 2.17. The predicted molar refractivity (Wildman–Crippen MR) is 86.8 cm³/mol. The molecule has 0 aromatic rings. The van der Waals surface area contributed by atoms with Crippen LogP contribution in [0.25, 0.3) is 0 Å². The number of aliphatic hydroxyl groups is 1. The summed E-state index contributed by atoms with van der Waals surface area (Å²) in [5.41, 5.74) is 0.137. The summed E-state index contributed by atoms with van der Waals surface area (Å²) in [6.07, 6.45) is 7.82. The number of nitrogens with zero attached hydrogens (tertiary/aromatic N) is 2. The Morgan fingerprint density at radius 2 is 1.55 bits per heavy atom. The van der Waals surface area contributed by atoms with E-state index in [1.54, 1.807) is 0 Å². The number of rotatable bonds is 5. The van der Waals surface area contributed by atoms with Crippen LogP contribution in [0.1, 0.15) is 38.5 Å². The predicted octanol–water partition coefficient (Wildman–Crippen LogP) is 1.58. The van der Waals surface area contributed by atoms with Gasteiger partial charge in [-0.05, 0) is 63.3 Å². The molecule has 1 heterocycles. The van der Waals surface area contributed by atoms with Crippen molar-refractivity contribution in [2.45, 2.75) is 50.2 Å². The summed E-state index contributed by atoms with van der Waals surface area (Å²) < 4.78 is 6.38.